The smallest absolute Gasteiger partial charge is 0.295 e. The molecule has 178 valence electrons. The molecule has 0 aliphatic carbocycles. The maximum atomic E-state index is 13.3. The summed E-state index contributed by atoms with van der Waals surface area (Å²) in [4.78, 5) is 32.1. The van der Waals surface area contributed by atoms with Crippen molar-refractivity contribution in [3.8, 4) is 11.5 Å². The van der Waals surface area contributed by atoms with Crippen molar-refractivity contribution >= 4 is 17.4 Å². The van der Waals surface area contributed by atoms with E-state index in [1.54, 1.807) is 36.7 Å². The third kappa shape index (κ3) is 4.25. The second kappa shape index (κ2) is 9.25. The van der Waals surface area contributed by atoms with Gasteiger partial charge in [0.05, 0.1) is 11.6 Å². The van der Waals surface area contributed by atoms with Crippen molar-refractivity contribution in [2.45, 2.75) is 32.4 Å². The number of carbonyl (C=O) groups is 2. The zero-order chi connectivity index (χ0) is 24.5. The topological polar surface area (TPSA) is 89.0 Å². The molecule has 3 heterocycles. The molecule has 1 amide bonds. The van der Waals surface area contributed by atoms with Crippen LogP contribution in [0.4, 0.5) is 0 Å². The molecule has 2 aliphatic rings. The number of pyridine rings is 1. The van der Waals surface area contributed by atoms with E-state index in [2.05, 4.69) is 18.8 Å². The van der Waals surface area contributed by atoms with Crippen molar-refractivity contribution in [2.24, 2.45) is 0 Å². The number of amides is 1. The number of rotatable bonds is 5. The standard InChI is InChI=1S/C28H26N2O5/c1-17(2)19-5-7-20(8-6-19)25-24(26(31)21-9-10-22-23(14-21)35-13-12-34-22)27(32)28(33)30(25)16-18-4-3-11-29-15-18/h3-11,14-15,17,25,31H,12-13,16H2,1-2H3/b26-24+/t25-/m1/s1. The Balaban J connectivity index is 1.62. The minimum absolute atomic E-state index is 0.0489. The number of benzene rings is 2. The maximum absolute atomic E-state index is 13.3. The van der Waals surface area contributed by atoms with E-state index in [-0.39, 0.29) is 17.9 Å². The maximum Gasteiger partial charge on any atom is 0.295 e. The first-order valence-electron chi connectivity index (χ1n) is 11.6. The Morgan fingerprint density at radius 1 is 1.06 bits per heavy atom. The number of nitrogens with zero attached hydrogens (tertiary/aromatic N) is 2. The lowest BCUT2D eigenvalue weighted by atomic mass is 9.93. The van der Waals surface area contributed by atoms with Gasteiger partial charge in [0, 0.05) is 24.5 Å². The van der Waals surface area contributed by atoms with Crippen molar-refractivity contribution in [1.29, 1.82) is 0 Å². The number of likely N-dealkylation sites (tertiary alicyclic amines) is 1. The summed E-state index contributed by atoms with van der Waals surface area (Å²) in [5.41, 5.74) is 3.11. The Bertz CT molecular complexity index is 1300. The zero-order valence-electron chi connectivity index (χ0n) is 19.6. The van der Waals surface area contributed by atoms with Crippen LogP contribution in [0, 0.1) is 0 Å². The molecule has 1 saturated heterocycles. The Hall–Kier alpha value is -4.13. The van der Waals surface area contributed by atoms with Crippen LogP contribution in [-0.2, 0) is 16.1 Å². The lowest BCUT2D eigenvalue weighted by molar-refractivity contribution is -0.140. The Morgan fingerprint density at radius 2 is 1.80 bits per heavy atom. The largest absolute Gasteiger partial charge is 0.507 e. The number of aromatic nitrogens is 1. The van der Waals surface area contributed by atoms with E-state index in [4.69, 9.17) is 9.47 Å². The van der Waals surface area contributed by atoms with Gasteiger partial charge in [-0.1, -0.05) is 44.2 Å². The minimum atomic E-state index is -0.746. The summed E-state index contributed by atoms with van der Waals surface area (Å²) in [5.74, 6) is -0.228. The first-order valence-corrected chi connectivity index (χ1v) is 11.6. The molecular weight excluding hydrogens is 444 g/mol. The average Bonchev–Trinajstić information content (AvgIpc) is 3.13. The van der Waals surface area contributed by atoms with Crippen molar-refractivity contribution < 1.29 is 24.2 Å². The van der Waals surface area contributed by atoms with Gasteiger partial charge in [0.1, 0.15) is 19.0 Å². The lowest BCUT2D eigenvalue weighted by Crippen LogP contribution is -2.29. The minimum Gasteiger partial charge on any atom is -0.507 e. The van der Waals surface area contributed by atoms with Gasteiger partial charge in [-0.3, -0.25) is 14.6 Å². The van der Waals surface area contributed by atoms with Crippen LogP contribution >= 0.6 is 0 Å². The van der Waals surface area contributed by atoms with Crippen molar-refractivity contribution in [2.75, 3.05) is 13.2 Å². The van der Waals surface area contributed by atoms with Gasteiger partial charge in [0.2, 0.25) is 0 Å². The molecule has 7 nitrogen and oxygen atoms in total. The molecule has 0 saturated carbocycles. The first-order chi connectivity index (χ1) is 16.9. The number of hydrogen-bond acceptors (Lipinski definition) is 6. The highest BCUT2D eigenvalue weighted by atomic mass is 16.6. The first kappa shape index (κ1) is 22.7. The monoisotopic (exact) mass is 470 g/mol. The summed E-state index contributed by atoms with van der Waals surface area (Å²) in [5, 5.41) is 11.3. The molecule has 1 N–H and O–H groups in total. The summed E-state index contributed by atoms with van der Waals surface area (Å²) in [6, 6.07) is 15.7. The molecule has 2 aliphatic heterocycles. The van der Waals surface area contributed by atoms with Crippen LogP contribution in [0.15, 0.2) is 72.6 Å². The number of Topliss-reactive ketones (excluding diaryl/α,β-unsaturated/α-hetero) is 1. The Kier molecular flexibility index (Phi) is 5.99. The number of ether oxygens (including phenoxy) is 2. The molecule has 7 heteroatoms. The number of fused-ring (bicyclic) bond motifs is 1. The number of ketones is 1. The van der Waals surface area contributed by atoms with E-state index < -0.39 is 17.7 Å². The molecule has 0 spiro atoms. The predicted molar refractivity (Wildman–Crippen MR) is 130 cm³/mol. The van der Waals surface area contributed by atoms with Gasteiger partial charge in [-0.2, -0.15) is 0 Å². The fraction of sp³-hybridized carbons (Fsp3) is 0.250. The second-order valence-corrected chi connectivity index (χ2v) is 8.97. The second-order valence-electron chi connectivity index (χ2n) is 8.97. The van der Waals surface area contributed by atoms with Gasteiger partial charge >= 0.3 is 0 Å². The average molecular weight is 471 g/mol. The molecule has 1 aromatic heterocycles. The number of carbonyl (C=O) groups excluding carboxylic acids is 2. The summed E-state index contributed by atoms with van der Waals surface area (Å²) in [7, 11) is 0. The van der Waals surface area contributed by atoms with Gasteiger partial charge < -0.3 is 19.5 Å². The van der Waals surface area contributed by atoms with E-state index in [1.807, 2.05) is 30.3 Å². The molecular formula is C28H26N2O5. The van der Waals surface area contributed by atoms with Crippen LogP contribution in [0.3, 0.4) is 0 Å². The highest BCUT2D eigenvalue weighted by Gasteiger charge is 2.46. The van der Waals surface area contributed by atoms with Gasteiger partial charge in [0.25, 0.3) is 11.7 Å². The van der Waals surface area contributed by atoms with Crippen LogP contribution in [0.5, 0.6) is 11.5 Å². The fourth-order valence-corrected chi connectivity index (χ4v) is 4.49. The summed E-state index contributed by atoms with van der Waals surface area (Å²) < 4.78 is 11.2. The summed E-state index contributed by atoms with van der Waals surface area (Å²) >= 11 is 0. The lowest BCUT2D eigenvalue weighted by Gasteiger charge is -2.26. The molecule has 0 unspecified atom stereocenters. The van der Waals surface area contributed by atoms with Gasteiger partial charge in [-0.25, -0.2) is 0 Å². The van der Waals surface area contributed by atoms with E-state index in [0.29, 0.717) is 36.2 Å². The zero-order valence-corrected chi connectivity index (χ0v) is 19.6. The van der Waals surface area contributed by atoms with Crippen LogP contribution in [0.1, 0.15) is 48.1 Å². The van der Waals surface area contributed by atoms with Crippen molar-refractivity contribution in [3.05, 3.63) is 94.8 Å². The number of aliphatic hydroxyl groups is 1. The number of aliphatic hydroxyl groups excluding tert-OH is 1. The van der Waals surface area contributed by atoms with Gasteiger partial charge in [-0.05, 0) is 46.9 Å². The molecule has 5 rings (SSSR count). The molecule has 0 radical (unpaired) electrons. The van der Waals surface area contributed by atoms with Crippen LogP contribution in [0.25, 0.3) is 5.76 Å². The van der Waals surface area contributed by atoms with Crippen LogP contribution in [-0.4, -0.2) is 39.9 Å². The van der Waals surface area contributed by atoms with Crippen LogP contribution < -0.4 is 9.47 Å². The quantitative estimate of drug-likeness (QED) is 0.333. The third-order valence-corrected chi connectivity index (χ3v) is 6.35. The van der Waals surface area contributed by atoms with E-state index in [0.717, 1.165) is 16.7 Å². The van der Waals surface area contributed by atoms with E-state index >= 15 is 0 Å². The highest BCUT2D eigenvalue weighted by molar-refractivity contribution is 6.46. The molecule has 0 bridgehead atoms. The van der Waals surface area contributed by atoms with Gasteiger partial charge in [0.15, 0.2) is 11.5 Å². The van der Waals surface area contributed by atoms with Crippen molar-refractivity contribution in [1.82, 2.24) is 9.88 Å². The number of hydrogen-bond donors (Lipinski definition) is 1. The molecule has 3 aromatic rings. The summed E-state index contributed by atoms with van der Waals surface area (Å²) in [6.45, 7) is 5.24. The van der Waals surface area contributed by atoms with Gasteiger partial charge in [-0.15, -0.1) is 0 Å². The summed E-state index contributed by atoms with van der Waals surface area (Å²) in [6.07, 6.45) is 3.32. The van der Waals surface area contributed by atoms with Crippen molar-refractivity contribution in [3.63, 3.8) is 0 Å². The molecule has 1 fully saturated rings. The van der Waals surface area contributed by atoms with E-state index in [9.17, 15) is 14.7 Å². The highest BCUT2D eigenvalue weighted by Crippen LogP contribution is 2.42. The SMILES string of the molecule is CC(C)c1ccc([C@@H]2/C(=C(\O)c3ccc4c(c3)OCCO4)C(=O)C(=O)N2Cc2cccnc2)cc1. The third-order valence-electron chi connectivity index (χ3n) is 6.35. The normalized spacial score (nSPS) is 18.8. The molecule has 2 aromatic carbocycles. The fourth-order valence-electron chi connectivity index (χ4n) is 4.49. The molecule has 35 heavy (non-hydrogen) atoms. The molecule has 1 atom stereocenters. The predicted octanol–water partition coefficient (Wildman–Crippen LogP) is 4.60. The van der Waals surface area contributed by atoms with E-state index in [1.165, 1.54) is 4.90 Å². The van der Waals surface area contributed by atoms with Crippen LogP contribution in [0.2, 0.25) is 0 Å². The Labute approximate surface area is 203 Å². The Morgan fingerprint density at radius 3 is 2.49 bits per heavy atom.